The van der Waals surface area contributed by atoms with Crippen molar-refractivity contribution >= 4 is 12.1 Å². The number of hydrogen-bond acceptors (Lipinski definition) is 4. The van der Waals surface area contributed by atoms with Crippen LogP contribution in [-0.4, -0.2) is 35.6 Å². The minimum absolute atomic E-state index is 0.0428. The van der Waals surface area contributed by atoms with E-state index in [2.05, 4.69) is 34.0 Å². The molecule has 0 spiro atoms. The third-order valence-corrected chi connectivity index (χ3v) is 7.41. The van der Waals surface area contributed by atoms with Crippen LogP contribution in [0.4, 0.5) is 13.2 Å². The van der Waals surface area contributed by atoms with Gasteiger partial charge in [-0.1, -0.05) is 26.0 Å². The molecule has 194 valence electrons. The Labute approximate surface area is 211 Å². The number of nitrogens with one attached hydrogen (secondary N) is 1. The van der Waals surface area contributed by atoms with Gasteiger partial charge < -0.3 is 10.3 Å². The first-order valence-corrected chi connectivity index (χ1v) is 12.7. The van der Waals surface area contributed by atoms with Crippen LogP contribution in [0.5, 0.6) is 0 Å². The van der Waals surface area contributed by atoms with E-state index in [4.69, 9.17) is 0 Å². The largest absolute Gasteiger partial charge is 0.416 e. The highest BCUT2D eigenvalue weighted by Gasteiger charge is 2.35. The average Bonchev–Trinajstić information content (AvgIpc) is 3.20. The van der Waals surface area contributed by atoms with Gasteiger partial charge in [0.25, 0.3) is 5.91 Å². The molecule has 1 saturated carbocycles. The van der Waals surface area contributed by atoms with Crippen molar-refractivity contribution in [2.45, 2.75) is 64.8 Å². The average molecular weight is 501 g/mol. The Morgan fingerprint density at radius 1 is 1.19 bits per heavy atom. The van der Waals surface area contributed by atoms with Gasteiger partial charge in [-0.2, -0.15) is 13.2 Å². The lowest BCUT2D eigenvalue weighted by atomic mass is 9.82. The first kappa shape index (κ1) is 26.3. The molecule has 36 heavy (non-hydrogen) atoms. The molecular weight excluding hydrogens is 465 g/mol. The number of halogens is 3. The van der Waals surface area contributed by atoms with Gasteiger partial charge in [-0.3, -0.25) is 14.7 Å². The number of nitrogens with zero attached hydrogens (tertiary/aromatic N) is 3. The van der Waals surface area contributed by atoms with Crippen LogP contribution in [0.25, 0.3) is 0 Å². The zero-order valence-electron chi connectivity index (χ0n) is 21.2. The second kappa shape index (κ2) is 11.1. The SMILES string of the molecule is CN=CC1CCC(CNC(=O)c2cnc3c(c2)CN(Cc2ccc(C(F)(F)F)cc2)[C@H]3C(C)C)CC1. The summed E-state index contributed by atoms with van der Waals surface area (Å²) in [6.07, 6.45) is 3.76. The fourth-order valence-electron chi connectivity index (χ4n) is 5.54. The Hall–Kier alpha value is -2.74. The molecule has 1 aliphatic heterocycles. The Balaban J connectivity index is 1.39. The predicted octanol–water partition coefficient (Wildman–Crippen LogP) is 6.05. The molecule has 1 aliphatic carbocycles. The van der Waals surface area contributed by atoms with Crippen LogP contribution in [0.15, 0.2) is 41.5 Å². The highest BCUT2D eigenvalue weighted by molar-refractivity contribution is 5.94. The number of aromatic nitrogens is 1. The molecule has 2 aromatic rings. The molecule has 0 unspecified atom stereocenters. The Kier molecular flexibility index (Phi) is 8.13. The number of carbonyl (C=O) groups is 1. The number of pyridine rings is 1. The van der Waals surface area contributed by atoms with E-state index in [0.29, 0.717) is 37.0 Å². The zero-order chi connectivity index (χ0) is 25.9. The monoisotopic (exact) mass is 500 g/mol. The van der Waals surface area contributed by atoms with Crippen molar-refractivity contribution in [2.24, 2.45) is 22.7 Å². The zero-order valence-corrected chi connectivity index (χ0v) is 21.2. The summed E-state index contributed by atoms with van der Waals surface area (Å²) >= 11 is 0. The van der Waals surface area contributed by atoms with Gasteiger partial charge >= 0.3 is 6.18 Å². The van der Waals surface area contributed by atoms with Gasteiger partial charge in [-0.25, -0.2) is 0 Å². The van der Waals surface area contributed by atoms with Crippen LogP contribution in [0.3, 0.4) is 0 Å². The second-order valence-electron chi connectivity index (χ2n) is 10.5. The quantitative estimate of drug-likeness (QED) is 0.471. The molecule has 1 atom stereocenters. The van der Waals surface area contributed by atoms with Crippen LogP contribution < -0.4 is 5.32 Å². The number of hydrogen-bond donors (Lipinski definition) is 1. The van der Waals surface area contributed by atoms with E-state index >= 15 is 0 Å². The molecule has 0 radical (unpaired) electrons. The van der Waals surface area contributed by atoms with Crippen molar-refractivity contribution < 1.29 is 18.0 Å². The predicted molar refractivity (Wildman–Crippen MR) is 135 cm³/mol. The summed E-state index contributed by atoms with van der Waals surface area (Å²) in [5, 5.41) is 3.09. The minimum atomic E-state index is -4.34. The maximum absolute atomic E-state index is 12.9. The number of fused-ring (bicyclic) bond motifs is 1. The normalized spacial score (nSPS) is 22.8. The molecule has 1 amide bonds. The summed E-state index contributed by atoms with van der Waals surface area (Å²) in [6.45, 7) is 6.02. The van der Waals surface area contributed by atoms with Gasteiger partial charge in [0, 0.05) is 39.1 Å². The smallest absolute Gasteiger partial charge is 0.352 e. The summed E-state index contributed by atoms with van der Waals surface area (Å²) in [7, 11) is 1.81. The summed E-state index contributed by atoms with van der Waals surface area (Å²) in [5.41, 5.74) is 2.69. The molecule has 1 N–H and O–H groups in total. The lowest BCUT2D eigenvalue weighted by molar-refractivity contribution is -0.137. The van der Waals surface area contributed by atoms with Crippen LogP contribution in [0.2, 0.25) is 0 Å². The third-order valence-electron chi connectivity index (χ3n) is 7.41. The third kappa shape index (κ3) is 6.14. The molecule has 1 aromatic carbocycles. The molecule has 1 aromatic heterocycles. The molecule has 1 fully saturated rings. The van der Waals surface area contributed by atoms with Crippen molar-refractivity contribution in [3.05, 3.63) is 64.5 Å². The van der Waals surface area contributed by atoms with Crippen molar-refractivity contribution in [3.63, 3.8) is 0 Å². The van der Waals surface area contributed by atoms with E-state index in [1.165, 1.54) is 12.1 Å². The van der Waals surface area contributed by atoms with E-state index in [9.17, 15) is 18.0 Å². The molecular formula is C28H35F3N4O. The number of rotatable bonds is 7. The minimum Gasteiger partial charge on any atom is -0.352 e. The fraction of sp³-hybridized carbons (Fsp3) is 0.536. The van der Waals surface area contributed by atoms with E-state index in [0.717, 1.165) is 54.6 Å². The number of amides is 1. The van der Waals surface area contributed by atoms with Gasteiger partial charge in [-0.15, -0.1) is 0 Å². The Morgan fingerprint density at radius 3 is 2.50 bits per heavy atom. The lowest BCUT2D eigenvalue weighted by Crippen LogP contribution is -2.31. The van der Waals surface area contributed by atoms with E-state index in [-0.39, 0.29) is 17.9 Å². The molecule has 0 saturated heterocycles. The molecule has 8 heteroatoms. The number of benzene rings is 1. The Morgan fingerprint density at radius 2 is 1.89 bits per heavy atom. The summed E-state index contributed by atoms with van der Waals surface area (Å²) < 4.78 is 38.8. The van der Waals surface area contributed by atoms with Crippen LogP contribution in [0.1, 0.15) is 78.3 Å². The van der Waals surface area contributed by atoms with Crippen molar-refractivity contribution in [3.8, 4) is 0 Å². The van der Waals surface area contributed by atoms with Crippen molar-refractivity contribution in [2.75, 3.05) is 13.6 Å². The van der Waals surface area contributed by atoms with E-state index in [1.807, 2.05) is 19.3 Å². The number of carbonyl (C=O) groups excluding carboxylic acids is 1. The summed E-state index contributed by atoms with van der Waals surface area (Å²) in [5.74, 6) is 1.20. The van der Waals surface area contributed by atoms with E-state index < -0.39 is 11.7 Å². The molecule has 4 rings (SSSR count). The molecule has 2 heterocycles. The van der Waals surface area contributed by atoms with Crippen LogP contribution in [0, 0.1) is 17.8 Å². The second-order valence-corrected chi connectivity index (χ2v) is 10.5. The first-order valence-electron chi connectivity index (χ1n) is 12.7. The van der Waals surface area contributed by atoms with Crippen LogP contribution in [-0.2, 0) is 19.3 Å². The van der Waals surface area contributed by atoms with Crippen molar-refractivity contribution in [1.29, 1.82) is 0 Å². The van der Waals surface area contributed by atoms with Gasteiger partial charge in [0.2, 0.25) is 0 Å². The molecule has 0 bridgehead atoms. The summed E-state index contributed by atoms with van der Waals surface area (Å²) in [4.78, 5) is 23.9. The number of aliphatic imine (C=N–C) groups is 1. The summed E-state index contributed by atoms with van der Waals surface area (Å²) in [6, 6.07) is 7.31. The molecule has 2 aliphatic rings. The highest BCUT2D eigenvalue weighted by atomic mass is 19.4. The standard InChI is InChI=1S/C28H35F3N4O/c1-18(2)26-25-23(17-35(26)16-21-8-10-24(11-9-21)28(29,30)31)12-22(15-33-25)27(36)34-14-20-6-4-19(5-7-20)13-32-3/h8-13,15,18-20,26H,4-7,14,16-17H2,1-3H3,(H,34,36)/t19?,20?,26-/m0/s1. The lowest BCUT2D eigenvalue weighted by Gasteiger charge is -2.27. The maximum atomic E-state index is 12.9. The highest BCUT2D eigenvalue weighted by Crippen LogP contribution is 2.39. The van der Waals surface area contributed by atoms with E-state index in [1.54, 1.807) is 6.20 Å². The topological polar surface area (TPSA) is 57.6 Å². The van der Waals surface area contributed by atoms with Gasteiger partial charge in [0.05, 0.1) is 22.9 Å². The van der Waals surface area contributed by atoms with Gasteiger partial charge in [0.15, 0.2) is 0 Å². The Bertz CT molecular complexity index is 1070. The van der Waals surface area contributed by atoms with Crippen molar-refractivity contribution in [1.82, 2.24) is 15.2 Å². The van der Waals surface area contributed by atoms with Crippen LogP contribution >= 0.6 is 0 Å². The van der Waals surface area contributed by atoms with Gasteiger partial charge in [0.1, 0.15) is 0 Å². The van der Waals surface area contributed by atoms with Gasteiger partial charge in [-0.05, 0) is 72.8 Å². The molecule has 5 nitrogen and oxygen atoms in total. The first-order chi connectivity index (χ1) is 17.2. The maximum Gasteiger partial charge on any atom is 0.416 e. The fourth-order valence-corrected chi connectivity index (χ4v) is 5.54. The number of alkyl halides is 3.